The molecule has 0 aromatic heterocycles. The van der Waals surface area contributed by atoms with Crippen LogP contribution in [-0.2, 0) is 4.74 Å². The average Bonchev–Trinajstić information content (AvgIpc) is 2.40. The van der Waals surface area contributed by atoms with Crippen LogP contribution in [0.15, 0.2) is 11.6 Å². The molecule has 0 aliphatic heterocycles. The van der Waals surface area contributed by atoms with Gasteiger partial charge in [-0.1, -0.05) is 25.5 Å². The fraction of sp³-hybridized carbons (Fsp3) is 0.846. The largest absolute Gasteiger partial charge is 0.393 e. The zero-order chi connectivity index (χ0) is 11.7. The van der Waals surface area contributed by atoms with Crippen LogP contribution in [0.25, 0.3) is 0 Å². The molecular weight excluding hydrogens is 188 g/mol. The molecule has 0 saturated heterocycles. The minimum Gasteiger partial charge on any atom is -0.393 e. The molecule has 0 bridgehead atoms. The topological polar surface area (TPSA) is 29.5 Å². The van der Waals surface area contributed by atoms with E-state index in [0.29, 0.717) is 5.92 Å². The first-order valence-electron chi connectivity index (χ1n) is 5.71. The van der Waals surface area contributed by atoms with Gasteiger partial charge in [0.05, 0.1) is 18.8 Å². The summed E-state index contributed by atoms with van der Waals surface area (Å²) >= 11 is 0. The fourth-order valence-corrected chi connectivity index (χ4v) is 1.85. The molecular formula is C13H24O2. The number of allylic oxidation sites excluding steroid dienone is 2. The second-order valence-corrected chi connectivity index (χ2v) is 5.77. The molecule has 1 N–H and O–H groups in total. The molecule has 0 amide bonds. The number of aliphatic hydroxyl groups excluding tert-OH is 1. The van der Waals surface area contributed by atoms with E-state index >= 15 is 0 Å². The Balaban J connectivity index is 2.49. The van der Waals surface area contributed by atoms with E-state index in [9.17, 15) is 0 Å². The van der Waals surface area contributed by atoms with Crippen LogP contribution in [0.5, 0.6) is 0 Å². The Labute approximate surface area is 93.3 Å². The van der Waals surface area contributed by atoms with Gasteiger partial charge in [-0.05, 0) is 38.5 Å². The van der Waals surface area contributed by atoms with Crippen LogP contribution in [-0.4, -0.2) is 23.9 Å². The van der Waals surface area contributed by atoms with Gasteiger partial charge in [0.25, 0.3) is 0 Å². The standard InChI is InChI=1S/C13H24O2/c1-10-6-7-11(13(10,4)5)8-15-12(2,3)9-14/h6,11,14H,7-9H2,1-5H3. The van der Waals surface area contributed by atoms with Gasteiger partial charge in [-0.15, -0.1) is 0 Å². The lowest BCUT2D eigenvalue weighted by molar-refractivity contribution is -0.0757. The zero-order valence-electron chi connectivity index (χ0n) is 10.6. The second kappa shape index (κ2) is 4.26. The van der Waals surface area contributed by atoms with Crippen LogP contribution in [0.4, 0.5) is 0 Å². The van der Waals surface area contributed by atoms with Crippen molar-refractivity contribution in [3.8, 4) is 0 Å². The number of ether oxygens (including phenoxy) is 1. The summed E-state index contributed by atoms with van der Waals surface area (Å²) in [6, 6.07) is 0. The molecule has 2 heteroatoms. The lowest BCUT2D eigenvalue weighted by Gasteiger charge is -2.32. The molecule has 2 nitrogen and oxygen atoms in total. The van der Waals surface area contributed by atoms with Gasteiger partial charge in [0.15, 0.2) is 0 Å². The third-order valence-electron chi connectivity index (χ3n) is 3.80. The van der Waals surface area contributed by atoms with Crippen molar-refractivity contribution in [3.63, 3.8) is 0 Å². The molecule has 1 aliphatic rings. The summed E-state index contributed by atoms with van der Waals surface area (Å²) in [6.07, 6.45) is 3.40. The van der Waals surface area contributed by atoms with E-state index in [4.69, 9.17) is 9.84 Å². The smallest absolute Gasteiger partial charge is 0.0856 e. The Morgan fingerprint density at radius 1 is 1.53 bits per heavy atom. The molecule has 1 rings (SSSR count). The first-order valence-corrected chi connectivity index (χ1v) is 5.71. The van der Waals surface area contributed by atoms with Gasteiger partial charge in [-0.2, -0.15) is 0 Å². The van der Waals surface area contributed by atoms with Gasteiger partial charge >= 0.3 is 0 Å². The molecule has 0 spiro atoms. The Hall–Kier alpha value is -0.340. The monoisotopic (exact) mass is 212 g/mol. The number of aliphatic hydroxyl groups is 1. The lowest BCUT2D eigenvalue weighted by Crippen LogP contribution is -2.34. The van der Waals surface area contributed by atoms with E-state index in [1.807, 2.05) is 13.8 Å². The third-order valence-corrected chi connectivity index (χ3v) is 3.80. The predicted molar refractivity (Wildman–Crippen MR) is 62.8 cm³/mol. The van der Waals surface area contributed by atoms with Gasteiger partial charge in [0, 0.05) is 0 Å². The molecule has 1 aliphatic carbocycles. The molecule has 0 fully saturated rings. The van der Waals surface area contributed by atoms with Crippen molar-refractivity contribution in [1.82, 2.24) is 0 Å². The third kappa shape index (κ3) is 2.82. The highest BCUT2D eigenvalue weighted by atomic mass is 16.5. The maximum absolute atomic E-state index is 9.11. The van der Waals surface area contributed by atoms with Crippen molar-refractivity contribution < 1.29 is 9.84 Å². The maximum Gasteiger partial charge on any atom is 0.0856 e. The number of rotatable bonds is 4. The lowest BCUT2D eigenvalue weighted by atomic mass is 9.78. The normalized spacial score (nSPS) is 25.5. The summed E-state index contributed by atoms with van der Waals surface area (Å²) in [5.41, 5.74) is 1.29. The minimum atomic E-state index is -0.410. The highest BCUT2D eigenvalue weighted by Gasteiger charge is 2.35. The molecule has 0 aromatic carbocycles. The number of hydrogen-bond donors (Lipinski definition) is 1. The summed E-state index contributed by atoms with van der Waals surface area (Å²) in [5.74, 6) is 0.545. The first kappa shape index (κ1) is 12.7. The van der Waals surface area contributed by atoms with E-state index in [0.717, 1.165) is 13.0 Å². The maximum atomic E-state index is 9.11. The Kier molecular flexibility index (Phi) is 3.62. The van der Waals surface area contributed by atoms with Gasteiger partial charge in [0.2, 0.25) is 0 Å². The Bertz CT molecular complexity index is 251. The van der Waals surface area contributed by atoms with Crippen LogP contribution in [0.2, 0.25) is 0 Å². The van der Waals surface area contributed by atoms with Crippen LogP contribution < -0.4 is 0 Å². The molecule has 0 saturated carbocycles. The van der Waals surface area contributed by atoms with E-state index in [2.05, 4.69) is 26.8 Å². The quantitative estimate of drug-likeness (QED) is 0.726. The van der Waals surface area contributed by atoms with Crippen molar-refractivity contribution in [2.24, 2.45) is 11.3 Å². The van der Waals surface area contributed by atoms with Crippen molar-refractivity contribution in [2.75, 3.05) is 13.2 Å². The zero-order valence-corrected chi connectivity index (χ0v) is 10.6. The van der Waals surface area contributed by atoms with E-state index in [1.54, 1.807) is 0 Å². The van der Waals surface area contributed by atoms with Gasteiger partial charge in [0.1, 0.15) is 0 Å². The highest BCUT2D eigenvalue weighted by Crippen LogP contribution is 2.43. The molecule has 0 heterocycles. The van der Waals surface area contributed by atoms with Gasteiger partial charge in [-0.3, -0.25) is 0 Å². The number of hydrogen-bond acceptors (Lipinski definition) is 2. The molecule has 1 atom stereocenters. The van der Waals surface area contributed by atoms with Crippen molar-refractivity contribution in [1.29, 1.82) is 0 Å². The van der Waals surface area contributed by atoms with Crippen molar-refractivity contribution in [2.45, 2.75) is 46.6 Å². The Morgan fingerprint density at radius 2 is 2.13 bits per heavy atom. The molecule has 1 unspecified atom stereocenters. The second-order valence-electron chi connectivity index (χ2n) is 5.77. The van der Waals surface area contributed by atoms with Crippen LogP contribution >= 0.6 is 0 Å². The van der Waals surface area contributed by atoms with Crippen molar-refractivity contribution >= 4 is 0 Å². The Morgan fingerprint density at radius 3 is 2.53 bits per heavy atom. The summed E-state index contributed by atoms with van der Waals surface area (Å²) in [7, 11) is 0. The minimum absolute atomic E-state index is 0.0760. The molecule has 88 valence electrons. The van der Waals surface area contributed by atoms with Crippen LogP contribution in [0.1, 0.15) is 41.0 Å². The molecule has 0 radical (unpaired) electrons. The fourth-order valence-electron chi connectivity index (χ4n) is 1.85. The highest BCUT2D eigenvalue weighted by molar-refractivity contribution is 5.18. The van der Waals surface area contributed by atoms with Crippen LogP contribution in [0, 0.1) is 11.3 Å². The van der Waals surface area contributed by atoms with Gasteiger partial charge in [-0.25, -0.2) is 0 Å². The van der Waals surface area contributed by atoms with Gasteiger partial charge < -0.3 is 9.84 Å². The van der Waals surface area contributed by atoms with E-state index in [1.165, 1.54) is 5.57 Å². The molecule has 0 aromatic rings. The first-order chi connectivity index (χ1) is 6.79. The summed E-state index contributed by atoms with van der Waals surface area (Å²) in [5, 5.41) is 9.11. The SMILES string of the molecule is CC1=CCC(COC(C)(C)CO)C1(C)C. The molecule has 15 heavy (non-hydrogen) atoms. The summed E-state index contributed by atoms with van der Waals surface area (Å²) in [4.78, 5) is 0. The summed E-state index contributed by atoms with van der Waals surface area (Å²) in [6.45, 7) is 11.4. The predicted octanol–water partition coefficient (Wildman–Crippen LogP) is 2.77. The van der Waals surface area contributed by atoms with E-state index in [-0.39, 0.29) is 12.0 Å². The summed E-state index contributed by atoms with van der Waals surface area (Å²) < 4.78 is 5.76. The van der Waals surface area contributed by atoms with Crippen molar-refractivity contribution in [3.05, 3.63) is 11.6 Å². The average molecular weight is 212 g/mol. The van der Waals surface area contributed by atoms with Crippen LogP contribution in [0.3, 0.4) is 0 Å². The van der Waals surface area contributed by atoms with E-state index < -0.39 is 5.60 Å².